The highest BCUT2D eigenvalue weighted by Crippen LogP contribution is 2.10. The Labute approximate surface area is 102 Å². The van der Waals surface area contributed by atoms with Crippen LogP contribution in [0.5, 0.6) is 0 Å². The van der Waals surface area contributed by atoms with E-state index in [2.05, 4.69) is 11.8 Å². The smallest absolute Gasteiger partial charge is 0.307 e. The predicted molar refractivity (Wildman–Crippen MR) is 67.4 cm³/mol. The normalized spacial score (nSPS) is 11.4. The average Bonchev–Trinajstić information content (AvgIpc) is 2.34. The lowest BCUT2D eigenvalue weighted by Crippen LogP contribution is -2.14. The van der Waals surface area contributed by atoms with Crippen molar-refractivity contribution in [1.29, 1.82) is 0 Å². The minimum Gasteiger partial charge on any atom is -0.481 e. The maximum absolute atomic E-state index is 10.9. The van der Waals surface area contributed by atoms with Crippen LogP contribution in [0.2, 0.25) is 0 Å². The first-order chi connectivity index (χ1) is 8.24. The first kappa shape index (κ1) is 13.3. The molecule has 3 heteroatoms. The summed E-state index contributed by atoms with van der Waals surface area (Å²) >= 11 is 0. The van der Waals surface area contributed by atoms with Gasteiger partial charge in [-0.25, -0.2) is 0 Å². The van der Waals surface area contributed by atoms with Gasteiger partial charge in [0.05, 0.1) is 5.92 Å². The zero-order chi connectivity index (χ0) is 12.5. The number of carboxylic acids is 1. The van der Waals surface area contributed by atoms with Gasteiger partial charge >= 0.3 is 5.97 Å². The number of carbonyl (C=O) groups is 1. The Morgan fingerprint density at radius 1 is 1.35 bits per heavy atom. The molecule has 17 heavy (non-hydrogen) atoms. The fourth-order valence-corrected chi connectivity index (χ4v) is 1.47. The maximum atomic E-state index is 10.9. The van der Waals surface area contributed by atoms with Crippen molar-refractivity contribution in [3.63, 3.8) is 0 Å². The number of rotatable bonds is 5. The van der Waals surface area contributed by atoms with Crippen molar-refractivity contribution in [3.8, 4) is 11.8 Å². The Bertz CT molecular complexity index is 403. The van der Waals surface area contributed by atoms with E-state index in [1.165, 1.54) is 0 Å². The van der Waals surface area contributed by atoms with Crippen LogP contribution in [0.25, 0.3) is 0 Å². The third-order valence-electron chi connectivity index (χ3n) is 2.46. The summed E-state index contributed by atoms with van der Waals surface area (Å²) in [5.74, 6) is 4.68. The summed E-state index contributed by atoms with van der Waals surface area (Å²) in [6.07, 6.45) is 1.70. The average molecular weight is 231 g/mol. The second-order valence-corrected chi connectivity index (χ2v) is 3.84. The van der Waals surface area contributed by atoms with Crippen molar-refractivity contribution < 1.29 is 9.90 Å². The van der Waals surface area contributed by atoms with Crippen LogP contribution in [-0.2, 0) is 4.79 Å². The molecule has 0 aliphatic rings. The number of hydrogen-bond donors (Lipinski definition) is 2. The zero-order valence-electron chi connectivity index (χ0n) is 9.73. The van der Waals surface area contributed by atoms with Gasteiger partial charge in [0.2, 0.25) is 0 Å². The van der Waals surface area contributed by atoms with Crippen LogP contribution < -0.4 is 5.73 Å². The highest BCUT2D eigenvalue weighted by Gasteiger charge is 2.14. The minimum absolute atomic E-state index is 0.379. The molecule has 0 aliphatic heterocycles. The molecule has 0 amide bonds. The summed E-state index contributed by atoms with van der Waals surface area (Å²) in [5.41, 5.74) is 6.28. The molecule has 90 valence electrons. The lowest BCUT2D eigenvalue weighted by atomic mass is 10.00. The van der Waals surface area contributed by atoms with E-state index in [9.17, 15) is 4.79 Å². The van der Waals surface area contributed by atoms with Gasteiger partial charge < -0.3 is 10.8 Å². The van der Waals surface area contributed by atoms with Gasteiger partial charge in [-0.2, -0.15) is 0 Å². The molecule has 0 spiro atoms. The highest BCUT2D eigenvalue weighted by atomic mass is 16.4. The number of aliphatic carboxylic acids is 1. The summed E-state index contributed by atoms with van der Waals surface area (Å²) < 4.78 is 0. The third-order valence-corrected chi connectivity index (χ3v) is 2.46. The van der Waals surface area contributed by atoms with Crippen LogP contribution in [-0.4, -0.2) is 17.6 Å². The molecular formula is C14H17NO2. The molecule has 0 aromatic heterocycles. The molecule has 1 rings (SSSR count). The van der Waals surface area contributed by atoms with E-state index in [0.29, 0.717) is 19.4 Å². The van der Waals surface area contributed by atoms with Gasteiger partial charge in [0.1, 0.15) is 0 Å². The largest absolute Gasteiger partial charge is 0.481 e. The summed E-state index contributed by atoms with van der Waals surface area (Å²) in [6, 6.07) is 9.55. The maximum Gasteiger partial charge on any atom is 0.307 e. The summed E-state index contributed by atoms with van der Waals surface area (Å²) in [6.45, 7) is 0.524. The van der Waals surface area contributed by atoms with Crippen molar-refractivity contribution in [2.75, 3.05) is 6.54 Å². The minimum atomic E-state index is -0.791. The van der Waals surface area contributed by atoms with E-state index in [-0.39, 0.29) is 0 Å². The van der Waals surface area contributed by atoms with Crippen molar-refractivity contribution >= 4 is 5.97 Å². The molecule has 1 aromatic carbocycles. The summed E-state index contributed by atoms with van der Waals surface area (Å²) in [4.78, 5) is 10.9. The van der Waals surface area contributed by atoms with Gasteiger partial charge in [0.15, 0.2) is 0 Å². The van der Waals surface area contributed by atoms with E-state index in [1.807, 2.05) is 30.3 Å². The molecule has 0 bridgehead atoms. The fourth-order valence-electron chi connectivity index (χ4n) is 1.47. The molecule has 3 N–H and O–H groups in total. The lowest BCUT2D eigenvalue weighted by Gasteiger charge is -2.06. The van der Waals surface area contributed by atoms with Gasteiger partial charge in [-0.05, 0) is 31.5 Å². The third kappa shape index (κ3) is 5.19. The van der Waals surface area contributed by atoms with Crippen LogP contribution in [0.15, 0.2) is 30.3 Å². The lowest BCUT2D eigenvalue weighted by molar-refractivity contribution is -0.141. The number of nitrogens with two attached hydrogens (primary N) is 1. The van der Waals surface area contributed by atoms with Crippen molar-refractivity contribution in [3.05, 3.63) is 35.9 Å². The highest BCUT2D eigenvalue weighted by molar-refractivity contribution is 5.70. The van der Waals surface area contributed by atoms with E-state index in [1.54, 1.807) is 0 Å². The SMILES string of the molecule is NCCCC(CC#Cc1ccccc1)C(=O)O. The van der Waals surface area contributed by atoms with Gasteiger partial charge in [-0.15, -0.1) is 0 Å². The van der Waals surface area contributed by atoms with Crippen LogP contribution in [0.1, 0.15) is 24.8 Å². The van der Waals surface area contributed by atoms with Crippen molar-refractivity contribution in [2.45, 2.75) is 19.3 Å². The number of benzene rings is 1. The Kier molecular flexibility index (Phi) is 5.84. The molecule has 0 saturated heterocycles. The molecular weight excluding hydrogens is 214 g/mol. The van der Waals surface area contributed by atoms with Gasteiger partial charge in [0, 0.05) is 12.0 Å². The topological polar surface area (TPSA) is 63.3 Å². The van der Waals surface area contributed by atoms with Gasteiger partial charge in [-0.1, -0.05) is 30.0 Å². The van der Waals surface area contributed by atoms with Crippen LogP contribution in [0, 0.1) is 17.8 Å². The van der Waals surface area contributed by atoms with Crippen LogP contribution in [0.4, 0.5) is 0 Å². The molecule has 0 saturated carbocycles. The molecule has 0 radical (unpaired) electrons. The van der Waals surface area contributed by atoms with E-state index < -0.39 is 11.9 Å². The standard InChI is InChI=1S/C14H17NO2/c15-11-5-10-13(14(16)17)9-4-8-12-6-2-1-3-7-12/h1-3,6-7,13H,5,9-11,15H2,(H,16,17). The molecule has 0 aliphatic carbocycles. The van der Waals surface area contributed by atoms with E-state index in [0.717, 1.165) is 12.0 Å². The number of carboxylic acid groups (broad SMARTS) is 1. The summed E-state index contributed by atoms with van der Waals surface area (Å²) in [5, 5.41) is 8.99. The molecule has 1 atom stereocenters. The monoisotopic (exact) mass is 231 g/mol. The molecule has 1 aromatic rings. The second-order valence-electron chi connectivity index (χ2n) is 3.84. The van der Waals surface area contributed by atoms with E-state index >= 15 is 0 Å². The van der Waals surface area contributed by atoms with Gasteiger partial charge in [-0.3, -0.25) is 4.79 Å². The van der Waals surface area contributed by atoms with Crippen molar-refractivity contribution in [2.24, 2.45) is 11.7 Å². The second kappa shape index (κ2) is 7.48. The van der Waals surface area contributed by atoms with Crippen LogP contribution >= 0.6 is 0 Å². The van der Waals surface area contributed by atoms with E-state index in [4.69, 9.17) is 10.8 Å². The fraction of sp³-hybridized carbons (Fsp3) is 0.357. The van der Waals surface area contributed by atoms with Crippen molar-refractivity contribution in [1.82, 2.24) is 0 Å². The Hall–Kier alpha value is -1.79. The molecule has 3 nitrogen and oxygen atoms in total. The first-order valence-corrected chi connectivity index (χ1v) is 5.71. The molecule has 1 unspecified atom stereocenters. The molecule has 0 heterocycles. The van der Waals surface area contributed by atoms with Crippen LogP contribution in [0.3, 0.4) is 0 Å². The summed E-state index contributed by atoms with van der Waals surface area (Å²) in [7, 11) is 0. The predicted octanol–water partition coefficient (Wildman–Crippen LogP) is 1.87. The first-order valence-electron chi connectivity index (χ1n) is 5.71. The Morgan fingerprint density at radius 3 is 2.65 bits per heavy atom. The number of hydrogen-bond acceptors (Lipinski definition) is 2. The Morgan fingerprint density at radius 2 is 2.06 bits per heavy atom. The molecule has 0 fully saturated rings. The van der Waals surface area contributed by atoms with Gasteiger partial charge in [0.25, 0.3) is 0 Å². The Balaban J connectivity index is 2.52. The quantitative estimate of drug-likeness (QED) is 0.760. The zero-order valence-corrected chi connectivity index (χ0v) is 9.73.